The average molecular weight is 284 g/mol. The summed E-state index contributed by atoms with van der Waals surface area (Å²) in [5.74, 6) is 0.564. The molecule has 0 saturated carbocycles. The number of hydrogen-bond donors (Lipinski definition) is 0. The Balaban J connectivity index is 1.84. The normalized spacial score (nSPS) is 13.6. The minimum atomic E-state index is -0.255. The van der Waals surface area contributed by atoms with Crippen LogP contribution in [0, 0.1) is 5.82 Å². The van der Waals surface area contributed by atoms with Crippen LogP contribution < -0.4 is 4.74 Å². The fourth-order valence-corrected chi connectivity index (χ4v) is 2.90. The summed E-state index contributed by atoms with van der Waals surface area (Å²) < 4.78 is 19.0. The van der Waals surface area contributed by atoms with E-state index in [2.05, 4.69) is 0 Å². The highest BCUT2D eigenvalue weighted by Gasteiger charge is 2.17. The third kappa shape index (κ3) is 2.97. The van der Waals surface area contributed by atoms with E-state index < -0.39 is 0 Å². The number of benzene rings is 2. The molecule has 0 saturated heterocycles. The molecular formula is C18H17FO2. The Morgan fingerprint density at radius 1 is 1.10 bits per heavy atom. The second-order valence-corrected chi connectivity index (χ2v) is 5.35. The number of rotatable bonds is 4. The largest absolute Gasteiger partial charge is 0.489 e. The molecule has 0 aliphatic heterocycles. The van der Waals surface area contributed by atoms with Gasteiger partial charge in [0.15, 0.2) is 0 Å². The summed E-state index contributed by atoms with van der Waals surface area (Å²) in [4.78, 5) is 11.1. The van der Waals surface area contributed by atoms with Gasteiger partial charge in [0.25, 0.3) is 0 Å². The summed E-state index contributed by atoms with van der Waals surface area (Å²) >= 11 is 0. The van der Waals surface area contributed by atoms with Gasteiger partial charge in [-0.1, -0.05) is 12.1 Å². The van der Waals surface area contributed by atoms with E-state index in [0.29, 0.717) is 6.61 Å². The Morgan fingerprint density at radius 3 is 2.67 bits per heavy atom. The first kappa shape index (κ1) is 13.8. The summed E-state index contributed by atoms with van der Waals surface area (Å²) in [6.07, 6.45) is 5.02. The Hall–Kier alpha value is -2.16. The first-order chi connectivity index (χ1) is 10.3. The zero-order chi connectivity index (χ0) is 14.7. The monoisotopic (exact) mass is 284 g/mol. The van der Waals surface area contributed by atoms with Crippen LogP contribution in [-0.4, -0.2) is 6.29 Å². The average Bonchev–Trinajstić information content (AvgIpc) is 2.52. The van der Waals surface area contributed by atoms with Gasteiger partial charge in [0.05, 0.1) is 0 Å². The van der Waals surface area contributed by atoms with Gasteiger partial charge in [-0.2, -0.15) is 0 Å². The third-order valence-corrected chi connectivity index (χ3v) is 3.94. The van der Waals surface area contributed by atoms with Gasteiger partial charge in [-0.3, -0.25) is 4.79 Å². The molecule has 2 aromatic rings. The summed E-state index contributed by atoms with van der Waals surface area (Å²) in [6.45, 7) is 0.338. The first-order valence-electron chi connectivity index (χ1n) is 7.25. The molecule has 0 atom stereocenters. The summed E-state index contributed by atoms with van der Waals surface area (Å²) in [5.41, 5.74) is 3.83. The number of halogens is 1. The molecule has 0 N–H and O–H groups in total. The van der Waals surface area contributed by atoms with E-state index in [1.807, 2.05) is 18.2 Å². The van der Waals surface area contributed by atoms with Crippen molar-refractivity contribution in [3.8, 4) is 5.75 Å². The predicted octanol–water partition coefficient (Wildman–Crippen LogP) is 4.10. The van der Waals surface area contributed by atoms with Gasteiger partial charge in [-0.25, -0.2) is 4.39 Å². The maximum atomic E-state index is 13.2. The Bertz CT molecular complexity index is 664. The Morgan fingerprint density at radius 2 is 1.90 bits per heavy atom. The molecule has 1 aliphatic carbocycles. The third-order valence-electron chi connectivity index (χ3n) is 3.94. The van der Waals surface area contributed by atoms with Crippen LogP contribution >= 0.6 is 0 Å². The SMILES string of the molecule is O=Cc1ccc(OCc2cccc(F)c2)c2c1CCCC2. The van der Waals surface area contributed by atoms with E-state index >= 15 is 0 Å². The standard InChI is InChI=1S/C18H17FO2/c19-15-5-3-4-13(10-15)12-21-18-9-8-14(11-20)16-6-1-2-7-17(16)18/h3-5,8-11H,1-2,6-7,12H2. The predicted molar refractivity (Wildman–Crippen MR) is 79.2 cm³/mol. The van der Waals surface area contributed by atoms with Crippen LogP contribution in [0.15, 0.2) is 36.4 Å². The van der Waals surface area contributed by atoms with Crippen molar-refractivity contribution in [3.05, 3.63) is 64.5 Å². The maximum absolute atomic E-state index is 13.2. The maximum Gasteiger partial charge on any atom is 0.150 e. The quantitative estimate of drug-likeness (QED) is 0.790. The van der Waals surface area contributed by atoms with Crippen LogP contribution in [0.25, 0.3) is 0 Å². The Kier molecular flexibility index (Phi) is 4.00. The lowest BCUT2D eigenvalue weighted by atomic mass is 9.88. The molecule has 0 aromatic heterocycles. The van der Waals surface area contributed by atoms with Gasteiger partial charge >= 0.3 is 0 Å². The van der Waals surface area contributed by atoms with Crippen LogP contribution in [0.1, 0.15) is 39.9 Å². The lowest BCUT2D eigenvalue weighted by Crippen LogP contribution is -2.09. The highest BCUT2D eigenvalue weighted by molar-refractivity contribution is 5.79. The van der Waals surface area contributed by atoms with Crippen molar-refractivity contribution in [2.24, 2.45) is 0 Å². The molecule has 2 nitrogen and oxygen atoms in total. The van der Waals surface area contributed by atoms with E-state index in [0.717, 1.165) is 60.0 Å². The number of carbonyl (C=O) groups excluding carboxylic acids is 1. The van der Waals surface area contributed by atoms with Crippen molar-refractivity contribution in [1.82, 2.24) is 0 Å². The summed E-state index contributed by atoms with van der Waals surface area (Å²) in [5, 5.41) is 0. The molecule has 2 aromatic carbocycles. The highest BCUT2D eigenvalue weighted by Crippen LogP contribution is 2.32. The zero-order valence-electron chi connectivity index (χ0n) is 11.8. The van der Waals surface area contributed by atoms with E-state index in [9.17, 15) is 9.18 Å². The molecule has 0 spiro atoms. The van der Waals surface area contributed by atoms with Gasteiger partial charge in [-0.15, -0.1) is 0 Å². The van der Waals surface area contributed by atoms with Gasteiger partial charge in [0.2, 0.25) is 0 Å². The van der Waals surface area contributed by atoms with Crippen molar-refractivity contribution < 1.29 is 13.9 Å². The lowest BCUT2D eigenvalue weighted by Gasteiger charge is -2.21. The molecule has 108 valence electrons. The minimum Gasteiger partial charge on any atom is -0.489 e. The van der Waals surface area contributed by atoms with Crippen LogP contribution in [0.5, 0.6) is 5.75 Å². The van der Waals surface area contributed by atoms with Crippen molar-refractivity contribution in [1.29, 1.82) is 0 Å². The number of carbonyl (C=O) groups is 1. The molecule has 0 unspecified atom stereocenters. The number of aldehydes is 1. The lowest BCUT2D eigenvalue weighted by molar-refractivity contribution is 0.112. The van der Waals surface area contributed by atoms with Crippen molar-refractivity contribution >= 4 is 6.29 Å². The van der Waals surface area contributed by atoms with Crippen LogP contribution in [0.2, 0.25) is 0 Å². The second kappa shape index (κ2) is 6.08. The van der Waals surface area contributed by atoms with E-state index in [1.165, 1.54) is 12.1 Å². The van der Waals surface area contributed by atoms with Crippen LogP contribution in [0.3, 0.4) is 0 Å². The van der Waals surface area contributed by atoms with Crippen LogP contribution in [0.4, 0.5) is 4.39 Å². The van der Waals surface area contributed by atoms with Gasteiger partial charge in [0.1, 0.15) is 24.5 Å². The zero-order valence-corrected chi connectivity index (χ0v) is 11.8. The fourth-order valence-electron chi connectivity index (χ4n) is 2.90. The van der Waals surface area contributed by atoms with E-state index in [-0.39, 0.29) is 5.82 Å². The van der Waals surface area contributed by atoms with Gasteiger partial charge in [-0.05, 0) is 66.6 Å². The molecular weight excluding hydrogens is 267 g/mol. The molecule has 0 bridgehead atoms. The molecule has 0 heterocycles. The van der Waals surface area contributed by atoms with E-state index in [4.69, 9.17) is 4.74 Å². The molecule has 21 heavy (non-hydrogen) atoms. The van der Waals surface area contributed by atoms with E-state index in [1.54, 1.807) is 6.07 Å². The molecule has 0 fully saturated rings. The molecule has 0 radical (unpaired) electrons. The minimum absolute atomic E-state index is 0.255. The number of hydrogen-bond acceptors (Lipinski definition) is 2. The molecule has 0 amide bonds. The highest BCUT2D eigenvalue weighted by atomic mass is 19.1. The number of ether oxygens (including phenoxy) is 1. The number of fused-ring (bicyclic) bond motifs is 1. The van der Waals surface area contributed by atoms with Crippen molar-refractivity contribution in [2.45, 2.75) is 32.3 Å². The van der Waals surface area contributed by atoms with Crippen LogP contribution in [-0.2, 0) is 19.4 Å². The first-order valence-corrected chi connectivity index (χ1v) is 7.25. The van der Waals surface area contributed by atoms with Crippen molar-refractivity contribution in [3.63, 3.8) is 0 Å². The molecule has 3 rings (SSSR count). The summed E-state index contributed by atoms with van der Waals surface area (Å²) in [7, 11) is 0. The fraction of sp³-hybridized carbons (Fsp3) is 0.278. The van der Waals surface area contributed by atoms with Gasteiger partial charge < -0.3 is 4.74 Å². The molecule has 1 aliphatic rings. The molecule has 3 heteroatoms. The smallest absolute Gasteiger partial charge is 0.150 e. The topological polar surface area (TPSA) is 26.3 Å². The van der Waals surface area contributed by atoms with Gasteiger partial charge in [0, 0.05) is 5.56 Å². The Labute approximate surface area is 123 Å². The van der Waals surface area contributed by atoms with Crippen molar-refractivity contribution in [2.75, 3.05) is 0 Å². The second-order valence-electron chi connectivity index (χ2n) is 5.35. The summed E-state index contributed by atoms with van der Waals surface area (Å²) in [6, 6.07) is 10.1.